The molecule has 18 heavy (non-hydrogen) atoms. The van der Waals surface area contributed by atoms with Crippen molar-refractivity contribution in [2.45, 2.75) is 58.9 Å². The van der Waals surface area contributed by atoms with Gasteiger partial charge in [0.15, 0.2) is 0 Å². The van der Waals surface area contributed by atoms with Gasteiger partial charge in [-0.15, -0.1) is 0 Å². The van der Waals surface area contributed by atoms with Gasteiger partial charge in [-0.3, -0.25) is 0 Å². The largest absolute Gasteiger partial charge is 0.385 e. The van der Waals surface area contributed by atoms with Crippen molar-refractivity contribution < 1.29 is 4.74 Å². The van der Waals surface area contributed by atoms with Crippen LogP contribution in [0.2, 0.25) is 0 Å². The lowest BCUT2D eigenvalue weighted by atomic mass is 9.72. The van der Waals surface area contributed by atoms with Crippen molar-refractivity contribution in [3.05, 3.63) is 0 Å². The first kappa shape index (κ1) is 16.0. The average Bonchev–Trinajstić information content (AvgIpc) is 2.37. The van der Waals surface area contributed by atoms with Gasteiger partial charge in [-0.25, -0.2) is 0 Å². The molecule has 1 saturated carbocycles. The smallest absolute Gasteiger partial charge is 0.0465 e. The van der Waals surface area contributed by atoms with E-state index in [4.69, 9.17) is 4.74 Å². The van der Waals surface area contributed by atoms with E-state index >= 15 is 0 Å². The van der Waals surface area contributed by atoms with Crippen LogP contribution < -0.4 is 5.32 Å². The van der Waals surface area contributed by atoms with Gasteiger partial charge in [-0.1, -0.05) is 20.8 Å². The fraction of sp³-hybridized carbons (Fsp3) is 1.00. The first-order valence-electron chi connectivity index (χ1n) is 7.76. The highest BCUT2D eigenvalue weighted by Crippen LogP contribution is 2.36. The molecule has 0 aliphatic heterocycles. The maximum absolute atomic E-state index is 5.22. The van der Waals surface area contributed by atoms with E-state index < -0.39 is 0 Å². The Hall–Kier alpha value is -0.0800. The second kappa shape index (κ2) is 8.16. The van der Waals surface area contributed by atoms with Crippen molar-refractivity contribution in [2.75, 3.05) is 20.8 Å². The van der Waals surface area contributed by atoms with E-state index in [2.05, 4.69) is 33.1 Å². The van der Waals surface area contributed by atoms with Crippen molar-refractivity contribution in [1.29, 1.82) is 0 Å². The topological polar surface area (TPSA) is 21.3 Å². The third-order valence-electron chi connectivity index (χ3n) is 4.99. The van der Waals surface area contributed by atoms with Crippen molar-refractivity contribution in [3.63, 3.8) is 0 Å². The molecule has 0 heterocycles. The third-order valence-corrected chi connectivity index (χ3v) is 4.99. The molecule has 2 heteroatoms. The molecule has 0 bridgehead atoms. The molecule has 0 aromatic rings. The maximum Gasteiger partial charge on any atom is 0.0465 e. The molecule has 1 aliphatic rings. The van der Waals surface area contributed by atoms with Gasteiger partial charge in [0.2, 0.25) is 0 Å². The molecule has 2 unspecified atom stereocenters. The summed E-state index contributed by atoms with van der Waals surface area (Å²) in [6.45, 7) is 8.01. The molecule has 0 radical (unpaired) electrons. The minimum absolute atomic E-state index is 0.674. The van der Waals surface area contributed by atoms with Crippen LogP contribution in [0.1, 0.15) is 52.9 Å². The molecular weight excluding hydrogens is 222 g/mol. The number of hydrogen-bond acceptors (Lipinski definition) is 2. The van der Waals surface area contributed by atoms with Crippen LogP contribution in [-0.4, -0.2) is 26.8 Å². The fourth-order valence-electron chi connectivity index (χ4n) is 3.64. The van der Waals surface area contributed by atoms with E-state index in [1.165, 1.54) is 32.1 Å². The zero-order chi connectivity index (χ0) is 13.5. The van der Waals surface area contributed by atoms with Gasteiger partial charge in [-0.2, -0.15) is 0 Å². The monoisotopic (exact) mass is 255 g/mol. The minimum atomic E-state index is 0.674. The summed E-state index contributed by atoms with van der Waals surface area (Å²) in [6.07, 6.45) is 6.85. The molecule has 0 aromatic heterocycles. The Bertz CT molecular complexity index is 209. The van der Waals surface area contributed by atoms with Gasteiger partial charge in [0.25, 0.3) is 0 Å². The van der Waals surface area contributed by atoms with Gasteiger partial charge in [0.1, 0.15) is 0 Å². The zero-order valence-electron chi connectivity index (χ0n) is 13.0. The van der Waals surface area contributed by atoms with Crippen LogP contribution >= 0.6 is 0 Å². The summed E-state index contributed by atoms with van der Waals surface area (Å²) in [5.74, 6) is 3.42. The lowest BCUT2D eigenvalue weighted by molar-refractivity contribution is 0.134. The predicted molar refractivity (Wildman–Crippen MR) is 78.8 cm³/mol. The lowest BCUT2D eigenvalue weighted by Crippen LogP contribution is -2.41. The molecule has 2 atom stereocenters. The van der Waals surface area contributed by atoms with Gasteiger partial charge in [-0.05, 0) is 62.8 Å². The molecule has 0 spiro atoms. The lowest BCUT2D eigenvalue weighted by Gasteiger charge is -2.38. The first-order chi connectivity index (χ1) is 8.60. The van der Waals surface area contributed by atoms with Crippen LogP contribution in [-0.2, 0) is 4.74 Å². The Labute approximate surface area is 114 Å². The van der Waals surface area contributed by atoms with Crippen molar-refractivity contribution in [1.82, 2.24) is 5.32 Å². The van der Waals surface area contributed by atoms with E-state index in [1.54, 1.807) is 7.11 Å². The van der Waals surface area contributed by atoms with E-state index in [0.717, 1.165) is 30.3 Å². The summed E-state index contributed by atoms with van der Waals surface area (Å²) >= 11 is 0. The van der Waals surface area contributed by atoms with Crippen molar-refractivity contribution in [3.8, 4) is 0 Å². The van der Waals surface area contributed by atoms with Crippen LogP contribution in [0.15, 0.2) is 0 Å². The quantitative estimate of drug-likeness (QED) is 0.749. The minimum Gasteiger partial charge on any atom is -0.385 e. The highest BCUT2D eigenvalue weighted by atomic mass is 16.5. The van der Waals surface area contributed by atoms with Crippen LogP contribution in [0, 0.1) is 23.7 Å². The number of methoxy groups -OCH3 is 1. The van der Waals surface area contributed by atoms with E-state index in [-0.39, 0.29) is 0 Å². The molecule has 108 valence electrons. The van der Waals surface area contributed by atoms with E-state index in [0.29, 0.717) is 6.04 Å². The highest BCUT2D eigenvalue weighted by Gasteiger charge is 2.30. The zero-order valence-corrected chi connectivity index (χ0v) is 13.0. The highest BCUT2D eigenvalue weighted by molar-refractivity contribution is 4.85. The van der Waals surface area contributed by atoms with Gasteiger partial charge >= 0.3 is 0 Å². The van der Waals surface area contributed by atoms with Crippen LogP contribution in [0.5, 0.6) is 0 Å². The summed E-state index contributed by atoms with van der Waals surface area (Å²) < 4.78 is 5.22. The Morgan fingerprint density at radius 3 is 2.06 bits per heavy atom. The third kappa shape index (κ3) is 4.55. The first-order valence-corrected chi connectivity index (χ1v) is 7.76. The van der Waals surface area contributed by atoms with E-state index in [1.807, 2.05) is 0 Å². The van der Waals surface area contributed by atoms with Crippen LogP contribution in [0.4, 0.5) is 0 Å². The Balaban J connectivity index is 2.42. The van der Waals surface area contributed by atoms with Gasteiger partial charge < -0.3 is 10.1 Å². The maximum atomic E-state index is 5.22. The van der Waals surface area contributed by atoms with Crippen LogP contribution in [0.3, 0.4) is 0 Å². The summed E-state index contributed by atoms with van der Waals surface area (Å²) in [7, 11) is 3.93. The molecule has 0 aromatic carbocycles. The summed E-state index contributed by atoms with van der Waals surface area (Å²) in [6, 6.07) is 0.674. The molecule has 1 N–H and O–H groups in total. The summed E-state index contributed by atoms with van der Waals surface area (Å²) in [5.41, 5.74) is 0. The fourth-order valence-corrected chi connectivity index (χ4v) is 3.64. The number of rotatable bonds is 7. The molecule has 1 aliphatic carbocycles. The van der Waals surface area contributed by atoms with Crippen LogP contribution in [0.25, 0.3) is 0 Å². The number of nitrogens with one attached hydrogen (secondary N) is 1. The second-order valence-electron chi connectivity index (χ2n) is 6.49. The van der Waals surface area contributed by atoms with Crippen molar-refractivity contribution in [2.24, 2.45) is 23.7 Å². The Morgan fingerprint density at radius 1 is 1.06 bits per heavy atom. The molecule has 1 fully saturated rings. The standard InChI is InChI=1S/C16H33NO/c1-12(2)14-6-8-15(9-7-14)16(17-4)13(3)10-11-18-5/h12-17H,6-11H2,1-5H3. The normalized spacial score (nSPS) is 28.3. The Morgan fingerprint density at radius 2 is 1.61 bits per heavy atom. The molecule has 0 saturated heterocycles. The second-order valence-corrected chi connectivity index (χ2v) is 6.49. The molecule has 1 rings (SSSR count). The number of ether oxygens (including phenoxy) is 1. The van der Waals surface area contributed by atoms with Gasteiger partial charge in [0, 0.05) is 19.8 Å². The SMILES string of the molecule is CNC(C(C)CCOC)C1CCC(C(C)C)CC1. The molecule has 0 amide bonds. The molecule has 2 nitrogen and oxygen atoms in total. The van der Waals surface area contributed by atoms with Crippen molar-refractivity contribution >= 4 is 0 Å². The van der Waals surface area contributed by atoms with E-state index in [9.17, 15) is 0 Å². The number of hydrogen-bond donors (Lipinski definition) is 1. The predicted octanol–water partition coefficient (Wildman–Crippen LogP) is 3.71. The summed E-state index contributed by atoms with van der Waals surface area (Å²) in [4.78, 5) is 0. The summed E-state index contributed by atoms with van der Waals surface area (Å²) in [5, 5.41) is 3.57. The Kier molecular flexibility index (Phi) is 7.25. The average molecular weight is 255 g/mol. The van der Waals surface area contributed by atoms with Gasteiger partial charge in [0.05, 0.1) is 0 Å². The molecular formula is C16H33NO.